The van der Waals surface area contributed by atoms with Crippen molar-refractivity contribution in [2.75, 3.05) is 0 Å². The van der Waals surface area contributed by atoms with E-state index in [2.05, 4.69) is 43.3 Å². The van der Waals surface area contributed by atoms with E-state index in [9.17, 15) is 4.79 Å². The van der Waals surface area contributed by atoms with Gasteiger partial charge in [-0.1, -0.05) is 32.6 Å². The number of guanidine groups is 1. The number of rotatable bonds is 5. The molecule has 0 aromatic heterocycles. The van der Waals surface area contributed by atoms with Crippen molar-refractivity contribution in [2.24, 2.45) is 4.99 Å². The molecule has 1 rings (SSSR count). The van der Waals surface area contributed by atoms with Crippen LogP contribution in [0.5, 0.6) is 0 Å². The summed E-state index contributed by atoms with van der Waals surface area (Å²) in [5.74, 6) is 0.635. The quantitative estimate of drug-likeness (QED) is 0.740. The van der Waals surface area contributed by atoms with Gasteiger partial charge in [0.25, 0.3) is 5.91 Å². The second-order valence-corrected chi connectivity index (χ2v) is 6.37. The van der Waals surface area contributed by atoms with Crippen LogP contribution in [0.4, 0.5) is 0 Å². The van der Waals surface area contributed by atoms with Crippen molar-refractivity contribution in [1.82, 2.24) is 10.6 Å². The van der Waals surface area contributed by atoms with E-state index < -0.39 is 5.54 Å². The fourth-order valence-electron chi connectivity index (χ4n) is 2.05. The summed E-state index contributed by atoms with van der Waals surface area (Å²) in [7, 11) is 0. The first-order chi connectivity index (χ1) is 8.27. The van der Waals surface area contributed by atoms with Crippen molar-refractivity contribution in [3.05, 3.63) is 0 Å². The van der Waals surface area contributed by atoms with Gasteiger partial charge in [-0.3, -0.25) is 10.1 Å². The lowest BCUT2D eigenvalue weighted by atomic mass is 9.95. The highest BCUT2D eigenvalue weighted by molar-refractivity contribution is 6.07. The van der Waals surface area contributed by atoms with Crippen molar-refractivity contribution < 1.29 is 4.79 Å². The molecule has 18 heavy (non-hydrogen) atoms. The van der Waals surface area contributed by atoms with Crippen LogP contribution in [0.3, 0.4) is 0 Å². The SMILES string of the molecule is CCCCCCC1(C)N=C(NC(C)(C)C)NC1=O. The highest BCUT2D eigenvalue weighted by atomic mass is 16.2. The maximum absolute atomic E-state index is 12.0. The molecule has 1 atom stereocenters. The first-order valence-electron chi connectivity index (χ1n) is 6.96. The topological polar surface area (TPSA) is 53.5 Å². The van der Waals surface area contributed by atoms with Gasteiger partial charge in [-0.05, 0) is 34.1 Å². The summed E-state index contributed by atoms with van der Waals surface area (Å²) in [6, 6.07) is 0. The minimum Gasteiger partial charge on any atom is -0.351 e. The van der Waals surface area contributed by atoms with Crippen LogP contribution in [0.1, 0.15) is 66.7 Å². The Bertz CT molecular complexity index is 330. The Morgan fingerprint density at radius 3 is 2.50 bits per heavy atom. The molecule has 2 N–H and O–H groups in total. The van der Waals surface area contributed by atoms with E-state index in [0.29, 0.717) is 5.96 Å². The average molecular weight is 253 g/mol. The van der Waals surface area contributed by atoms with Crippen LogP contribution < -0.4 is 10.6 Å². The zero-order chi connectivity index (χ0) is 13.8. The highest BCUT2D eigenvalue weighted by Crippen LogP contribution is 2.23. The molecule has 1 aliphatic heterocycles. The molecule has 0 aliphatic carbocycles. The lowest BCUT2D eigenvalue weighted by Gasteiger charge is -2.21. The predicted octanol–water partition coefficient (Wildman–Crippen LogP) is 2.59. The summed E-state index contributed by atoms with van der Waals surface area (Å²) in [5, 5.41) is 6.07. The maximum atomic E-state index is 12.0. The Kier molecular flexibility index (Phi) is 4.77. The van der Waals surface area contributed by atoms with Gasteiger partial charge < -0.3 is 5.32 Å². The van der Waals surface area contributed by atoms with Gasteiger partial charge in [-0.2, -0.15) is 0 Å². The molecule has 0 spiro atoms. The van der Waals surface area contributed by atoms with Crippen LogP contribution in [-0.2, 0) is 4.79 Å². The third kappa shape index (κ3) is 4.31. The molecule has 4 nitrogen and oxygen atoms in total. The number of carbonyl (C=O) groups excluding carboxylic acids is 1. The monoisotopic (exact) mass is 253 g/mol. The number of hydrogen-bond donors (Lipinski definition) is 2. The summed E-state index contributed by atoms with van der Waals surface area (Å²) < 4.78 is 0. The molecule has 104 valence electrons. The smallest absolute Gasteiger partial charge is 0.254 e. The Morgan fingerprint density at radius 2 is 1.94 bits per heavy atom. The first kappa shape index (κ1) is 15.0. The molecule has 1 aliphatic rings. The minimum atomic E-state index is -0.582. The Balaban J connectivity index is 2.56. The van der Waals surface area contributed by atoms with Gasteiger partial charge in [-0.15, -0.1) is 0 Å². The summed E-state index contributed by atoms with van der Waals surface area (Å²) >= 11 is 0. The van der Waals surface area contributed by atoms with Crippen LogP contribution in [0.2, 0.25) is 0 Å². The number of unbranched alkanes of at least 4 members (excludes halogenated alkanes) is 3. The Labute approximate surface area is 111 Å². The van der Waals surface area contributed by atoms with Crippen LogP contribution in [-0.4, -0.2) is 22.9 Å². The van der Waals surface area contributed by atoms with E-state index in [4.69, 9.17) is 0 Å². The molecule has 1 amide bonds. The van der Waals surface area contributed by atoms with Crippen molar-refractivity contribution in [2.45, 2.75) is 77.8 Å². The molecule has 0 radical (unpaired) electrons. The Morgan fingerprint density at radius 1 is 1.28 bits per heavy atom. The number of carbonyl (C=O) groups is 1. The molecule has 1 unspecified atom stereocenters. The summed E-state index contributed by atoms with van der Waals surface area (Å²) in [4.78, 5) is 16.5. The molecular weight excluding hydrogens is 226 g/mol. The van der Waals surface area contributed by atoms with Crippen LogP contribution >= 0.6 is 0 Å². The van der Waals surface area contributed by atoms with Crippen LogP contribution in [0.15, 0.2) is 4.99 Å². The van der Waals surface area contributed by atoms with Gasteiger partial charge in [0, 0.05) is 5.54 Å². The molecule has 0 saturated carbocycles. The zero-order valence-electron chi connectivity index (χ0n) is 12.4. The van der Waals surface area contributed by atoms with Crippen molar-refractivity contribution in [3.8, 4) is 0 Å². The summed E-state index contributed by atoms with van der Waals surface area (Å²) in [6.45, 7) is 10.3. The third-order valence-electron chi connectivity index (χ3n) is 3.09. The first-order valence-corrected chi connectivity index (χ1v) is 6.96. The van der Waals surface area contributed by atoms with E-state index in [-0.39, 0.29) is 11.4 Å². The van der Waals surface area contributed by atoms with Gasteiger partial charge in [0.05, 0.1) is 0 Å². The molecule has 0 saturated heterocycles. The second-order valence-electron chi connectivity index (χ2n) is 6.37. The van der Waals surface area contributed by atoms with E-state index in [1.54, 1.807) is 0 Å². The molecule has 4 heteroatoms. The third-order valence-corrected chi connectivity index (χ3v) is 3.09. The summed E-state index contributed by atoms with van der Waals surface area (Å²) in [6.07, 6.45) is 5.51. The fourth-order valence-corrected chi connectivity index (χ4v) is 2.05. The van der Waals surface area contributed by atoms with Gasteiger partial charge in [0.2, 0.25) is 0 Å². The second kappa shape index (κ2) is 5.72. The van der Waals surface area contributed by atoms with Crippen LogP contribution in [0, 0.1) is 0 Å². The number of nitrogens with zero attached hydrogens (tertiary/aromatic N) is 1. The zero-order valence-corrected chi connectivity index (χ0v) is 12.4. The molecular formula is C14H27N3O. The summed E-state index contributed by atoms with van der Waals surface area (Å²) in [5.41, 5.74) is -0.666. The highest BCUT2D eigenvalue weighted by Gasteiger charge is 2.39. The van der Waals surface area contributed by atoms with E-state index >= 15 is 0 Å². The number of nitrogens with one attached hydrogen (secondary N) is 2. The normalized spacial score (nSPS) is 23.8. The molecule has 1 heterocycles. The van der Waals surface area contributed by atoms with Gasteiger partial charge in [0.1, 0.15) is 5.54 Å². The van der Waals surface area contributed by atoms with Crippen LogP contribution in [0.25, 0.3) is 0 Å². The predicted molar refractivity (Wildman–Crippen MR) is 75.6 cm³/mol. The van der Waals surface area contributed by atoms with E-state index in [1.165, 1.54) is 19.3 Å². The standard InChI is InChI=1S/C14H27N3O/c1-6-7-8-9-10-14(5)11(18)15-12(17-14)16-13(2,3)4/h6-10H2,1-5H3,(H2,15,16,17,18). The number of aliphatic imine (C=N–C) groups is 1. The van der Waals surface area contributed by atoms with Gasteiger partial charge >= 0.3 is 0 Å². The van der Waals surface area contributed by atoms with Gasteiger partial charge in [-0.25, -0.2) is 4.99 Å². The fraction of sp³-hybridized carbons (Fsp3) is 0.857. The number of amides is 1. The average Bonchev–Trinajstić information content (AvgIpc) is 2.47. The van der Waals surface area contributed by atoms with Gasteiger partial charge in [0.15, 0.2) is 5.96 Å². The lowest BCUT2D eigenvalue weighted by Crippen LogP contribution is -2.47. The Hall–Kier alpha value is -1.06. The van der Waals surface area contributed by atoms with Crippen molar-refractivity contribution in [3.63, 3.8) is 0 Å². The van der Waals surface area contributed by atoms with E-state index in [0.717, 1.165) is 12.8 Å². The van der Waals surface area contributed by atoms with Crippen molar-refractivity contribution in [1.29, 1.82) is 0 Å². The molecule has 0 aromatic rings. The lowest BCUT2D eigenvalue weighted by molar-refractivity contribution is -0.123. The van der Waals surface area contributed by atoms with E-state index in [1.807, 2.05) is 6.92 Å². The number of hydrogen-bond acceptors (Lipinski definition) is 3. The maximum Gasteiger partial charge on any atom is 0.254 e. The molecule has 0 aromatic carbocycles. The molecule has 0 fully saturated rings. The molecule has 0 bridgehead atoms. The van der Waals surface area contributed by atoms with Crippen molar-refractivity contribution >= 4 is 11.9 Å². The largest absolute Gasteiger partial charge is 0.351 e. The minimum absolute atomic E-state index is 0.0192.